The summed E-state index contributed by atoms with van der Waals surface area (Å²) in [6, 6.07) is 11.8. The van der Waals surface area contributed by atoms with Crippen LogP contribution in [0.3, 0.4) is 0 Å². The molecular weight excluding hydrogens is 586 g/mol. The first-order chi connectivity index (χ1) is 13.3. The van der Waals surface area contributed by atoms with E-state index in [1.807, 2.05) is 77.2 Å². The van der Waals surface area contributed by atoms with Gasteiger partial charge in [-0.2, -0.15) is 0 Å². The van der Waals surface area contributed by atoms with Gasteiger partial charge in [-0.05, 0) is 80.9 Å². The molecule has 28 heavy (non-hydrogen) atoms. The Kier molecular flexibility index (Phi) is 8.80. The van der Waals surface area contributed by atoms with Gasteiger partial charge in [-0.1, -0.05) is 32.0 Å². The summed E-state index contributed by atoms with van der Waals surface area (Å²) in [4.78, 5) is 24.9. The van der Waals surface area contributed by atoms with Gasteiger partial charge < -0.3 is 20.5 Å². The van der Waals surface area contributed by atoms with Gasteiger partial charge in [-0.3, -0.25) is 4.79 Å². The zero-order valence-corrected chi connectivity index (χ0v) is 19.9. The maximum absolute atomic E-state index is 12.8. The maximum atomic E-state index is 12.8. The number of rotatable bonds is 7. The highest BCUT2D eigenvalue weighted by atomic mass is 127. The van der Waals surface area contributed by atoms with E-state index in [1.54, 1.807) is 24.3 Å². The van der Waals surface area contributed by atoms with Crippen LogP contribution in [0.25, 0.3) is 0 Å². The standard InChI is InChI=1S/C20H22I2N2O4/c1-12(2)11-28-20(27)24-17(19(26)23-14-6-4-3-5-7-14)10-13-8-15(21)18(25)16(22)9-13/h3-9,12,17,25H,10-11H2,1-2H3,(H,23,26)(H,24,27)/t17-/m0/s1. The summed E-state index contributed by atoms with van der Waals surface area (Å²) >= 11 is 4.07. The van der Waals surface area contributed by atoms with Crippen LogP contribution in [-0.4, -0.2) is 29.8 Å². The molecule has 0 aliphatic carbocycles. The molecule has 0 heterocycles. The second-order valence-electron chi connectivity index (χ2n) is 6.66. The molecule has 0 aliphatic heterocycles. The lowest BCUT2D eigenvalue weighted by molar-refractivity contribution is -0.118. The summed E-state index contributed by atoms with van der Waals surface area (Å²) in [7, 11) is 0. The first kappa shape index (κ1) is 22.7. The van der Waals surface area contributed by atoms with Crippen LogP contribution < -0.4 is 10.6 Å². The molecule has 150 valence electrons. The molecule has 1 atom stereocenters. The number of alkyl carbamates (subject to hydrolysis) is 1. The van der Waals surface area contributed by atoms with Gasteiger partial charge in [0.2, 0.25) is 5.91 Å². The molecule has 2 aromatic rings. The van der Waals surface area contributed by atoms with E-state index in [1.165, 1.54) is 0 Å². The monoisotopic (exact) mass is 608 g/mol. The number of amides is 2. The molecule has 2 aromatic carbocycles. The van der Waals surface area contributed by atoms with Crippen LogP contribution in [0.15, 0.2) is 42.5 Å². The summed E-state index contributed by atoms with van der Waals surface area (Å²) in [6.45, 7) is 4.15. The highest BCUT2D eigenvalue weighted by molar-refractivity contribution is 14.1. The zero-order chi connectivity index (χ0) is 20.7. The lowest BCUT2D eigenvalue weighted by Gasteiger charge is -2.19. The number of para-hydroxylation sites is 1. The molecule has 3 N–H and O–H groups in total. The Morgan fingerprint density at radius 3 is 2.29 bits per heavy atom. The van der Waals surface area contributed by atoms with E-state index >= 15 is 0 Å². The fourth-order valence-electron chi connectivity index (χ4n) is 2.36. The van der Waals surface area contributed by atoms with Crippen LogP contribution in [0.2, 0.25) is 0 Å². The van der Waals surface area contributed by atoms with Crippen LogP contribution in [-0.2, 0) is 16.0 Å². The van der Waals surface area contributed by atoms with Crippen molar-refractivity contribution < 1.29 is 19.4 Å². The van der Waals surface area contributed by atoms with E-state index in [4.69, 9.17) is 4.74 Å². The van der Waals surface area contributed by atoms with E-state index in [9.17, 15) is 14.7 Å². The van der Waals surface area contributed by atoms with Crippen molar-refractivity contribution in [1.82, 2.24) is 5.32 Å². The summed E-state index contributed by atoms with van der Waals surface area (Å²) in [5.41, 5.74) is 1.47. The fraction of sp³-hybridized carbons (Fsp3) is 0.300. The van der Waals surface area contributed by atoms with Gasteiger partial charge >= 0.3 is 6.09 Å². The van der Waals surface area contributed by atoms with Gasteiger partial charge in [0.05, 0.1) is 13.7 Å². The first-order valence-corrected chi connectivity index (χ1v) is 10.9. The molecule has 0 radical (unpaired) electrons. The van der Waals surface area contributed by atoms with E-state index in [0.29, 0.717) is 12.8 Å². The summed E-state index contributed by atoms with van der Waals surface area (Å²) in [5, 5.41) is 15.4. The number of anilines is 1. The minimum Gasteiger partial charge on any atom is -0.506 e. The number of hydrogen-bond donors (Lipinski definition) is 3. The minimum atomic E-state index is -0.823. The number of aromatic hydroxyl groups is 1. The SMILES string of the molecule is CC(C)COC(=O)N[C@@H](Cc1cc(I)c(O)c(I)c1)C(=O)Nc1ccccc1. The van der Waals surface area contributed by atoms with Crippen LogP contribution in [0.4, 0.5) is 10.5 Å². The fourth-order valence-corrected chi connectivity index (χ4v) is 4.26. The second kappa shape index (κ2) is 10.8. The van der Waals surface area contributed by atoms with Gasteiger partial charge in [0.15, 0.2) is 0 Å². The molecule has 0 aromatic heterocycles. The number of phenolic OH excluding ortho intramolecular Hbond substituents is 1. The molecule has 2 amide bonds. The van der Waals surface area contributed by atoms with Gasteiger partial charge in [0.1, 0.15) is 11.8 Å². The molecule has 0 bridgehead atoms. The number of carbonyl (C=O) groups excluding carboxylic acids is 2. The molecule has 8 heteroatoms. The van der Waals surface area contributed by atoms with Gasteiger partial charge in [-0.25, -0.2) is 4.79 Å². The van der Waals surface area contributed by atoms with Gasteiger partial charge in [0.25, 0.3) is 0 Å². The van der Waals surface area contributed by atoms with Crippen molar-refractivity contribution in [3.8, 4) is 5.75 Å². The topological polar surface area (TPSA) is 87.7 Å². The molecule has 0 spiro atoms. The van der Waals surface area contributed by atoms with Gasteiger partial charge in [0, 0.05) is 12.1 Å². The number of phenols is 1. The summed E-state index contributed by atoms with van der Waals surface area (Å²) in [5.74, 6) is 0.0629. The van der Waals surface area contributed by atoms with Crippen molar-refractivity contribution in [3.63, 3.8) is 0 Å². The van der Waals surface area contributed by atoms with Crippen molar-refractivity contribution in [2.24, 2.45) is 5.92 Å². The van der Waals surface area contributed by atoms with Crippen LogP contribution >= 0.6 is 45.2 Å². The van der Waals surface area contributed by atoms with E-state index < -0.39 is 12.1 Å². The normalized spacial score (nSPS) is 11.8. The van der Waals surface area contributed by atoms with E-state index in [0.717, 1.165) is 5.56 Å². The quantitative estimate of drug-likeness (QED) is 0.404. The zero-order valence-electron chi connectivity index (χ0n) is 15.5. The number of hydrogen-bond acceptors (Lipinski definition) is 4. The van der Waals surface area contributed by atoms with Crippen molar-refractivity contribution in [2.45, 2.75) is 26.3 Å². The smallest absolute Gasteiger partial charge is 0.407 e. The Balaban J connectivity index is 2.17. The molecule has 0 saturated carbocycles. The van der Waals surface area contributed by atoms with E-state index in [-0.39, 0.29) is 30.6 Å². The third-order valence-electron chi connectivity index (χ3n) is 3.71. The average molecular weight is 608 g/mol. The molecule has 0 fully saturated rings. The second-order valence-corrected chi connectivity index (χ2v) is 8.98. The molecular formula is C20H22I2N2O4. The third-order valence-corrected chi connectivity index (χ3v) is 5.36. The summed E-state index contributed by atoms with van der Waals surface area (Å²) in [6.07, 6.45) is -0.369. The van der Waals surface area contributed by atoms with Crippen molar-refractivity contribution in [1.29, 1.82) is 0 Å². The lowest BCUT2D eigenvalue weighted by Crippen LogP contribution is -2.45. The Labute approximate surface area is 191 Å². The summed E-state index contributed by atoms with van der Waals surface area (Å²) < 4.78 is 6.53. The first-order valence-electron chi connectivity index (χ1n) is 8.72. The van der Waals surface area contributed by atoms with Gasteiger partial charge in [-0.15, -0.1) is 0 Å². The predicted molar refractivity (Wildman–Crippen MR) is 125 cm³/mol. The number of ether oxygens (including phenoxy) is 1. The molecule has 6 nitrogen and oxygen atoms in total. The molecule has 0 aliphatic rings. The highest BCUT2D eigenvalue weighted by Gasteiger charge is 2.23. The number of carbonyl (C=O) groups is 2. The predicted octanol–water partition coefficient (Wildman–Crippen LogP) is 4.53. The maximum Gasteiger partial charge on any atom is 0.407 e. The van der Waals surface area contributed by atoms with Crippen LogP contribution in [0.1, 0.15) is 19.4 Å². The number of halogens is 2. The number of benzene rings is 2. The molecule has 0 saturated heterocycles. The minimum absolute atomic E-state index is 0.197. The molecule has 0 unspecified atom stereocenters. The average Bonchev–Trinajstić information content (AvgIpc) is 2.64. The van der Waals surface area contributed by atoms with Crippen molar-refractivity contribution in [2.75, 3.05) is 11.9 Å². The van der Waals surface area contributed by atoms with Crippen LogP contribution in [0.5, 0.6) is 5.75 Å². The van der Waals surface area contributed by atoms with E-state index in [2.05, 4.69) is 10.6 Å². The molecule has 2 rings (SSSR count). The Morgan fingerprint density at radius 1 is 1.11 bits per heavy atom. The largest absolute Gasteiger partial charge is 0.506 e. The lowest BCUT2D eigenvalue weighted by atomic mass is 10.0. The Bertz CT molecular complexity index is 805. The number of nitrogens with one attached hydrogen (secondary N) is 2. The van der Waals surface area contributed by atoms with Crippen molar-refractivity contribution in [3.05, 3.63) is 55.2 Å². The highest BCUT2D eigenvalue weighted by Crippen LogP contribution is 2.28. The van der Waals surface area contributed by atoms with Crippen LogP contribution in [0, 0.1) is 13.1 Å². The Morgan fingerprint density at radius 2 is 1.71 bits per heavy atom. The third kappa shape index (κ3) is 7.12. The van der Waals surface area contributed by atoms with Crippen molar-refractivity contribution >= 4 is 62.9 Å². The Hall–Kier alpha value is -1.56.